The van der Waals surface area contributed by atoms with E-state index in [9.17, 15) is 4.79 Å². The van der Waals surface area contributed by atoms with Crippen LogP contribution in [0, 0.1) is 0 Å². The first kappa shape index (κ1) is 11.2. The molecule has 0 aliphatic carbocycles. The molecule has 0 aliphatic rings. The molecule has 0 saturated heterocycles. The summed E-state index contributed by atoms with van der Waals surface area (Å²) in [6.45, 7) is 0. The van der Waals surface area contributed by atoms with Gasteiger partial charge >= 0.3 is 0 Å². The summed E-state index contributed by atoms with van der Waals surface area (Å²) in [5.74, 6) is -0.555. The number of carbonyl (C=O) groups is 1. The molecule has 5 heteroatoms. The summed E-state index contributed by atoms with van der Waals surface area (Å²) in [7, 11) is 3.49. The number of benzene rings is 1. The van der Waals surface area contributed by atoms with Crippen LogP contribution in [-0.2, 0) is 0 Å². The molecule has 0 radical (unpaired) electrons. The van der Waals surface area contributed by atoms with Gasteiger partial charge in [0.25, 0.3) is 5.91 Å². The summed E-state index contributed by atoms with van der Waals surface area (Å²) >= 11 is 0. The van der Waals surface area contributed by atoms with Crippen LogP contribution in [0.2, 0.25) is 0 Å². The summed E-state index contributed by atoms with van der Waals surface area (Å²) < 4.78 is 5.56. The summed E-state index contributed by atoms with van der Waals surface area (Å²) in [4.78, 5) is 11.3. The number of fused-ring (bicyclic) bond motifs is 1. The van der Waals surface area contributed by atoms with Crippen molar-refractivity contribution in [3.8, 4) is 0 Å². The maximum absolute atomic E-state index is 11.3. The fraction of sp³-hybridized carbons (Fsp3) is 0.167. The minimum atomic E-state index is -0.555. The molecule has 2 N–H and O–H groups in total. The number of carbonyl (C=O) groups excluding carboxylic acids is 1. The highest BCUT2D eigenvalue weighted by Crippen LogP contribution is 2.12. The van der Waals surface area contributed by atoms with Gasteiger partial charge < -0.3 is 10.2 Å². The van der Waals surface area contributed by atoms with Crippen LogP contribution >= 0.6 is 0 Å². The number of amides is 1. The Balaban J connectivity index is 2.80. The number of para-hydroxylation sites is 1. The smallest absolute Gasteiger partial charge is 0.254 e. The Kier molecular flexibility index (Phi) is 2.82. The average Bonchev–Trinajstić information content (AvgIpc) is 2.27. The van der Waals surface area contributed by atoms with Crippen molar-refractivity contribution in [2.75, 3.05) is 14.1 Å². The van der Waals surface area contributed by atoms with Crippen molar-refractivity contribution in [2.45, 2.75) is 0 Å². The summed E-state index contributed by atoms with van der Waals surface area (Å²) in [5, 5.41) is 6.47. The minimum absolute atomic E-state index is 0.223. The van der Waals surface area contributed by atoms with Gasteiger partial charge in [0.05, 0.1) is 0 Å². The molecular formula is C12H13N3O2. The summed E-state index contributed by atoms with van der Waals surface area (Å²) in [6.07, 6.45) is 0. The molecular weight excluding hydrogens is 218 g/mol. The van der Waals surface area contributed by atoms with Crippen LogP contribution < -0.4 is 11.3 Å². The van der Waals surface area contributed by atoms with E-state index in [-0.39, 0.29) is 11.1 Å². The highest BCUT2D eigenvalue weighted by molar-refractivity contribution is 5.95. The molecule has 1 heterocycles. The van der Waals surface area contributed by atoms with Gasteiger partial charge in [-0.25, -0.2) is 0 Å². The Morgan fingerprint density at radius 2 is 2.06 bits per heavy atom. The molecule has 0 fully saturated rings. The van der Waals surface area contributed by atoms with Gasteiger partial charge in [-0.15, -0.1) is 5.10 Å². The van der Waals surface area contributed by atoms with Crippen molar-refractivity contribution < 1.29 is 9.21 Å². The van der Waals surface area contributed by atoms with Crippen molar-refractivity contribution in [3.63, 3.8) is 0 Å². The van der Waals surface area contributed by atoms with Crippen LogP contribution in [0.15, 0.2) is 39.9 Å². The predicted octanol–water partition coefficient (Wildman–Crippen LogP) is 0.909. The standard InChI is InChI=1S/C12H13N3O2/c1-15(2)14-12-9(11(13)16)7-8-5-3-4-6-10(8)17-12/h3-7H,1-2H3,(H2,13,16)/b14-12+. The first-order chi connectivity index (χ1) is 8.08. The lowest BCUT2D eigenvalue weighted by Gasteiger charge is -2.05. The maximum Gasteiger partial charge on any atom is 0.254 e. The van der Waals surface area contributed by atoms with Crippen LogP contribution in [0.3, 0.4) is 0 Å². The van der Waals surface area contributed by atoms with E-state index < -0.39 is 5.91 Å². The maximum atomic E-state index is 11.3. The number of nitrogens with zero attached hydrogens (tertiary/aromatic N) is 2. The molecule has 0 bridgehead atoms. The Bertz CT molecular complexity index is 629. The van der Waals surface area contributed by atoms with Crippen molar-refractivity contribution in [3.05, 3.63) is 41.4 Å². The zero-order valence-electron chi connectivity index (χ0n) is 9.68. The third-order valence-electron chi connectivity index (χ3n) is 2.21. The molecule has 0 spiro atoms. The summed E-state index contributed by atoms with van der Waals surface area (Å²) in [6, 6.07) is 9.07. The molecule has 88 valence electrons. The molecule has 2 aromatic rings. The van der Waals surface area contributed by atoms with E-state index in [4.69, 9.17) is 10.2 Å². The molecule has 0 saturated carbocycles. The van der Waals surface area contributed by atoms with Gasteiger partial charge in [-0.05, 0) is 12.1 Å². The number of hydrogen-bond donors (Lipinski definition) is 1. The normalized spacial score (nSPS) is 11.8. The van der Waals surface area contributed by atoms with Crippen molar-refractivity contribution in [1.29, 1.82) is 0 Å². The number of hydrogen-bond acceptors (Lipinski definition) is 4. The predicted molar refractivity (Wildman–Crippen MR) is 64.0 cm³/mol. The molecule has 1 aromatic heterocycles. The number of rotatable bonds is 2. The Labute approximate surface area is 98.1 Å². The number of primary amides is 1. The molecule has 2 rings (SSSR count). The Morgan fingerprint density at radius 3 is 2.71 bits per heavy atom. The fourth-order valence-corrected chi connectivity index (χ4v) is 1.50. The van der Waals surface area contributed by atoms with Crippen LogP contribution in [0.4, 0.5) is 0 Å². The van der Waals surface area contributed by atoms with Gasteiger partial charge in [0.1, 0.15) is 11.1 Å². The highest BCUT2D eigenvalue weighted by Gasteiger charge is 2.08. The minimum Gasteiger partial charge on any atom is -0.436 e. The molecule has 17 heavy (non-hydrogen) atoms. The Hall–Kier alpha value is -2.30. The molecule has 0 aliphatic heterocycles. The quantitative estimate of drug-likeness (QED) is 0.781. The monoisotopic (exact) mass is 231 g/mol. The molecule has 1 aromatic carbocycles. The third kappa shape index (κ3) is 2.28. The average molecular weight is 231 g/mol. The van der Waals surface area contributed by atoms with Gasteiger partial charge in [0, 0.05) is 19.5 Å². The van der Waals surface area contributed by atoms with Gasteiger partial charge in [0.2, 0.25) is 5.55 Å². The molecule has 5 nitrogen and oxygen atoms in total. The largest absolute Gasteiger partial charge is 0.436 e. The van der Waals surface area contributed by atoms with Gasteiger partial charge in [-0.2, -0.15) is 0 Å². The third-order valence-corrected chi connectivity index (χ3v) is 2.21. The Morgan fingerprint density at radius 1 is 1.35 bits per heavy atom. The second-order valence-electron chi connectivity index (χ2n) is 3.81. The lowest BCUT2D eigenvalue weighted by molar-refractivity contribution is 0.0995. The van der Waals surface area contributed by atoms with Crippen LogP contribution in [0.1, 0.15) is 10.4 Å². The lowest BCUT2D eigenvalue weighted by Crippen LogP contribution is -2.24. The first-order valence-electron chi connectivity index (χ1n) is 5.12. The topological polar surface area (TPSA) is 71.8 Å². The van der Waals surface area contributed by atoms with E-state index >= 15 is 0 Å². The number of nitrogens with two attached hydrogens (primary N) is 1. The van der Waals surface area contributed by atoms with Gasteiger partial charge in [-0.3, -0.25) is 9.80 Å². The van der Waals surface area contributed by atoms with Crippen molar-refractivity contribution in [2.24, 2.45) is 10.8 Å². The fourth-order valence-electron chi connectivity index (χ4n) is 1.50. The van der Waals surface area contributed by atoms with Gasteiger partial charge in [-0.1, -0.05) is 18.2 Å². The second-order valence-corrected chi connectivity index (χ2v) is 3.81. The van der Waals surface area contributed by atoms with Crippen LogP contribution in [0.25, 0.3) is 11.0 Å². The zero-order valence-corrected chi connectivity index (χ0v) is 9.68. The zero-order chi connectivity index (χ0) is 12.4. The van der Waals surface area contributed by atoms with Crippen molar-refractivity contribution in [1.82, 2.24) is 5.01 Å². The van der Waals surface area contributed by atoms with Crippen molar-refractivity contribution >= 4 is 16.9 Å². The molecule has 0 unspecified atom stereocenters. The lowest BCUT2D eigenvalue weighted by atomic mass is 10.2. The van der Waals surface area contributed by atoms with Crippen LogP contribution in [0.5, 0.6) is 0 Å². The molecule has 0 atom stereocenters. The van der Waals surface area contributed by atoms with E-state index in [2.05, 4.69) is 5.10 Å². The van der Waals surface area contributed by atoms with E-state index in [0.717, 1.165) is 5.39 Å². The second kappa shape index (κ2) is 4.29. The van der Waals surface area contributed by atoms with Crippen LogP contribution in [-0.4, -0.2) is 25.0 Å². The van der Waals surface area contributed by atoms with E-state index in [0.29, 0.717) is 5.58 Å². The van der Waals surface area contributed by atoms with E-state index in [1.165, 1.54) is 0 Å². The highest BCUT2D eigenvalue weighted by atomic mass is 16.3. The summed E-state index contributed by atoms with van der Waals surface area (Å²) in [5.41, 5.74) is 6.47. The first-order valence-corrected chi connectivity index (χ1v) is 5.12. The van der Waals surface area contributed by atoms with Gasteiger partial charge in [0.15, 0.2) is 0 Å². The van der Waals surface area contributed by atoms with E-state index in [1.54, 1.807) is 25.2 Å². The SMILES string of the molecule is CN(C)/N=c1/oc2ccccc2cc1C(N)=O. The molecule has 1 amide bonds. The van der Waals surface area contributed by atoms with E-state index in [1.807, 2.05) is 24.3 Å².